The van der Waals surface area contributed by atoms with E-state index < -0.39 is 74.1 Å². The summed E-state index contributed by atoms with van der Waals surface area (Å²) in [5.41, 5.74) is 4.39. The lowest BCUT2D eigenvalue weighted by molar-refractivity contribution is 0.225. The third-order valence-electron chi connectivity index (χ3n) is 4.42. The Hall–Kier alpha value is -2.93. The normalized spacial score (nSPS) is 31.9. The Kier molecular flexibility index (Phi) is 2.55. The van der Waals surface area contributed by atoms with Crippen LogP contribution in [0.4, 0.5) is 10.2 Å². The lowest BCUT2D eigenvalue weighted by atomic mass is 9.98. The summed E-state index contributed by atoms with van der Waals surface area (Å²) in [5, 5.41) is 5.55. The van der Waals surface area contributed by atoms with Crippen molar-refractivity contribution in [1.82, 2.24) is 20.1 Å². The van der Waals surface area contributed by atoms with Crippen molar-refractivity contribution < 1.29 is 29.7 Å². The van der Waals surface area contributed by atoms with Gasteiger partial charge in [-0.3, -0.25) is 4.68 Å². The number of benzene rings is 1. The summed E-state index contributed by atoms with van der Waals surface area (Å²) in [6, 6.07) is -0.347. The van der Waals surface area contributed by atoms with Crippen LogP contribution in [0.25, 0.3) is 11.1 Å². The van der Waals surface area contributed by atoms with E-state index in [0.717, 1.165) is 24.5 Å². The maximum Gasteiger partial charge on any atom is 0.166 e. The summed E-state index contributed by atoms with van der Waals surface area (Å²) in [5.74, 6) is -1.63. The van der Waals surface area contributed by atoms with E-state index in [1.807, 2.05) is 0 Å². The van der Waals surface area contributed by atoms with Gasteiger partial charge in [0.2, 0.25) is 0 Å². The van der Waals surface area contributed by atoms with E-state index in [9.17, 15) is 4.39 Å². The van der Waals surface area contributed by atoms with Gasteiger partial charge in [0.05, 0.1) is 13.6 Å². The van der Waals surface area contributed by atoms with Gasteiger partial charge in [0.25, 0.3) is 0 Å². The molecule has 0 amide bonds. The molecule has 1 atom stereocenters. The highest BCUT2D eigenvalue weighted by Crippen LogP contribution is 2.33. The number of rotatable bonds is 5. The van der Waals surface area contributed by atoms with Crippen molar-refractivity contribution in [1.29, 1.82) is 0 Å². The molecule has 7 heteroatoms. The average Bonchev–Trinajstić information content (AvgIpc) is 3.36. The van der Waals surface area contributed by atoms with Gasteiger partial charge in [-0.25, -0.2) is 9.37 Å². The Morgan fingerprint density at radius 3 is 2.93 bits per heavy atom. The molecule has 1 fully saturated rings. The minimum Gasteiger partial charge on any atom is -0.482 e. The van der Waals surface area contributed by atoms with E-state index in [2.05, 4.69) is 10.1 Å². The first-order valence-corrected chi connectivity index (χ1v) is 8.81. The van der Waals surface area contributed by atoms with Gasteiger partial charge in [-0.2, -0.15) is 5.10 Å². The van der Waals surface area contributed by atoms with Crippen LogP contribution in [0.15, 0.2) is 36.8 Å². The maximum atomic E-state index is 14.8. The van der Waals surface area contributed by atoms with Crippen LogP contribution in [-0.4, -0.2) is 27.8 Å². The number of aromatic nitrogens is 3. The zero-order valence-corrected chi connectivity index (χ0v) is 15.7. The van der Waals surface area contributed by atoms with Crippen molar-refractivity contribution in [2.24, 2.45) is 0 Å². The van der Waals surface area contributed by atoms with Gasteiger partial charge in [0.15, 0.2) is 11.6 Å². The molecule has 1 aliphatic heterocycles. The van der Waals surface area contributed by atoms with E-state index >= 15 is 0 Å². The van der Waals surface area contributed by atoms with Crippen LogP contribution in [0.5, 0.6) is 5.75 Å². The molecule has 30 heavy (non-hydrogen) atoms. The molecule has 0 radical (unpaired) electrons. The number of aryl methyl sites for hydroxylation is 1. The third-order valence-corrected chi connectivity index (χ3v) is 4.42. The van der Waals surface area contributed by atoms with E-state index in [1.54, 1.807) is 5.32 Å². The molecule has 3 aromatic rings. The monoisotopic (exact) mass is 424 g/mol. The van der Waals surface area contributed by atoms with Crippen molar-refractivity contribution in [3.8, 4) is 16.9 Å². The smallest absolute Gasteiger partial charge is 0.166 e. The molecule has 0 unspecified atom stereocenters. The molecule has 0 aliphatic carbocycles. The number of anilines is 1. The third kappa shape index (κ3) is 4.03. The largest absolute Gasteiger partial charge is 0.482 e. The number of hydrogen-bond acceptors (Lipinski definition) is 5. The van der Waals surface area contributed by atoms with Gasteiger partial charge in [-0.1, -0.05) is 6.07 Å². The summed E-state index contributed by atoms with van der Waals surface area (Å²) in [4.78, 5) is 4.00. The quantitative estimate of drug-likeness (QED) is 0.637. The zero-order chi connectivity index (χ0) is 34.3. The molecule has 158 valence electrons. The minimum absolute atomic E-state index is 0.0509. The molecule has 3 heterocycles. The zero-order valence-electron chi connectivity index (χ0n) is 30.7. The number of nitrogens with two attached hydrogens (primary N) is 1. The SMILES string of the molecule is [2H]C([2H])([2H])c1ccc(F)c(C([2H])([2H])[2H])c1[C@@H](C)Oc1cc(-c2cnn(C3([2H])C([2H])([2H])C([2H])([2H])NC([2H])([2H])C3([2H])[2H])c2)cnc1N. The highest BCUT2D eigenvalue weighted by atomic mass is 19.1. The second-order valence-electron chi connectivity index (χ2n) is 6.40. The molecule has 3 N–H and O–H groups in total. The molecule has 2 aromatic heterocycles. The molecule has 1 aliphatic rings. The summed E-state index contributed by atoms with van der Waals surface area (Å²) in [6.45, 7) is -11.0. The Bertz CT molecular complexity index is 1590. The summed E-state index contributed by atoms with van der Waals surface area (Å²) >= 11 is 0. The Labute approximate surface area is 197 Å². The minimum atomic E-state index is -3.38. The van der Waals surface area contributed by atoms with Crippen molar-refractivity contribution in [3.05, 3.63) is 59.3 Å². The van der Waals surface area contributed by atoms with Gasteiger partial charge in [-0.05, 0) is 69.6 Å². The molecule has 1 aromatic carbocycles. The summed E-state index contributed by atoms with van der Waals surface area (Å²) in [7, 11) is 0. The highest BCUT2D eigenvalue weighted by Gasteiger charge is 2.19. The fraction of sp³-hybridized carbons (Fsp3) is 0.391. The van der Waals surface area contributed by atoms with E-state index in [4.69, 9.17) is 31.0 Å². The first kappa shape index (κ1) is 9.06. The molecular formula is C23H28FN5O. The van der Waals surface area contributed by atoms with Crippen LogP contribution >= 0.6 is 0 Å². The van der Waals surface area contributed by atoms with Crippen LogP contribution in [0.2, 0.25) is 0 Å². The van der Waals surface area contributed by atoms with Gasteiger partial charge in [0, 0.05) is 48.3 Å². The average molecular weight is 425 g/mol. The van der Waals surface area contributed by atoms with Crippen LogP contribution in [0, 0.1) is 19.5 Å². The second-order valence-corrected chi connectivity index (χ2v) is 6.40. The molecule has 0 spiro atoms. The van der Waals surface area contributed by atoms with E-state index in [-0.39, 0.29) is 22.7 Å². The number of nitrogen functional groups attached to an aromatic ring is 1. The number of hydrogen-bond donors (Lipinski definition) is 2. The predicted molar refractivity (Wildman–Crippen MR) is 116 cm³/mol. The number of halogens is 1. The topological polar surface area (TPSA) is 78.0 Å². The summed E-state index contributed by atoms with van der Waals surface area (Å²) in [6.07, 6.45) is -4.93. The van der Waals surface area contributed by atoms with Crippen molar-refractivity contribution in [2.75, 3.05) is 18.7 Å². The molecular weight excluding hydrogens is 381 g/mol. The summed E-state index contributed by atoms with van der Waals surface area (Å²) < 4.78 is 142. The lowest BCUT2D eigenvalue weighted by Gasteiger charge is -2.22. The van der Waals surface area contributed by atoms with E-state index in [1.165, 1.54) is 19.2 Å². The number of pyridine rings is 1. The van der Waals surface area contributed by atoms with Crippen LogP contribution in [0.1, 0.15) is 69.0 Å². The fourth-order valence-corrected chi connectivity index (χ4v) is 2.92. The number of piperidine rings is 1. The molecule has 0 saturated carbocycles. The highest BCUT2D eigenvalue weighted by molar-refractivity contribution is 5.66. The van der Waals surface area contributed by atoms with Crippen molar-refractivity contribution in [2.45, 2.75) is 45.5 Å². The van der Waals surface area contributed by atoms with Crippen molar-refractivity contribution >= 4 is 5.82 Å². The van der Waals surface area contributed by atoms with Gasteiger partial charge >= 0.3 is 0 Å². The van der Waals surface area contributed by atoms with Gasteiger partial charge in [0.1, 0.15) is 11.9 Å². The fourth-order valence-electron chi connectivity index (χ4n) is 2.92. The Balaban J connectivity index is 1.79. The molecule has 4 rings (SSSR count). The van der Waals surface area contributed by atoms with Crippen LogP contribution in [-0.2, 0) is 0 Å². The first-order chi connectivity index (χ1) is 20.2. The number of nitrogens with zero attached hydrogens (tertiary/aromatic N) is 3. The standard InChI is InChI=1S/C23H28FN5O/c1-14-4-5-20(24)15(2)22(14)16(3)30-21-10-17(11-27-23(21)25)18-12-28-29(13-18)19-6-8-26-9-7-19/h4-5,10-13,16,19,26H,6-9H2,1-3H3,(H2,25,27)/t16-/m1/s1/i1D3,2D3,6D2,7D2,8D2,9D2,19D. The second kappa shape index (κ2) is 8.44. The lowest BCUT2D eigenvalue weighted by Crippen LogP contribution is -2.29. The van der Waals surface area contributed by atoms with Crippen LogP contribution < -0.4 is 15.8 Å². The Morgan fingerprint density at radius 1 is 1.33 bits per heavy atom. The molecule has 0 bridgehead atoms. The number of nitrogens with one attached hydrogen (secondary N) is 1. The number of ether oxygens (including phenoxy) is 1. The van der Waals surface area contributed by atoms with Crippen molar-refractivity contribution in [3.63, 3.8) is 0 Å². The first-order valence-electron chi connectivity index (χ1n) is 16.3. The van der Waals surface area contributed by atoms with Crippen LogP contribution in [0.3, 0.4) is 0 Å². The van der Waals surface area contributed by atoms with E-state index in [0.29, 0.717) is 4.68 Å². The maximum absolute atomic E-state index is 14.8. The van der Waals surface area contributed by atoms with Gasteiger partial charge in [-0.15, -0.1) is 0 Å². The Morgan fingerprint density at radius 2 is 2.17 bits per heavy atom. The molecule has 6 nitrogen and oxygen atoms in total. The predicted octanol–water partition coefficient (Wildman–Crippen LogP) is 4.35. The molecule has 1 saturated heterocycles. The van der Waals surface area contributed by atoms with Gasteiger partial charge < -0.3 is 15.8 Å².